The number of nitrogens with zero attached hydrogens (tertiary/aromatic N) is 1. The van der Waals surface area contributed by atoms with Crippen LogP contribution in [-0.2, 0) is 20.8 Å². The highest BCUT2D eigenvalue weighted by molar-refractivity contribution is 6.32. The molecule has 31 heavy (non-hydrogen) atoms. The van der Waals surface area contributed by atoms with E-state index in [1.54, 1.807) is 6.07 Å². The lowest BCUT2D eigenvalue weighted by Crippen LogP contribution is -2.35. The number of hydrogen-bond acceptors (Lipinski definition) is 4. The molecule has 3 aliphatic rings. The van der Waals surface area contributed by atoms with E-state index in [0.29, 0.717) is 22.6 Å². The van der Waals surface area contributed by atoms with E-state index in [-0.39, 0.29) is 11.7 Å². The Morgan fingerprint density at radius 2 is 1.84 bits per heavy atom. The van der Waals surface area contributed by atoms with Crippen molar-refractivity contribution in [3.8, 4) is 0 Å². The molecule has 0 spiro atoms. The third-order valence-electron chi connectivity index (χ3n) is 6.04. The normalized spacial score (nSPS) is 22.7. The highest BCUT2D eigenvalue weighted by Crippen LogP contribution is 2.44. The van der Waals surface area contributed by atoms with Gasteiger partial charge in [0.25, 0.3) is 5.91 Å². The van der Waals surface area contributed by atoms with Gasteiger partial charge in [-0.05, 0) is 49.2 Å². The third kappa shape index (κ3) is 3.77. The first-order chi connectivity index (χ1) is 14.9. The number of morpholine rings is 1. The standard InChI is InChI=1S/C25H25FN2O3/c1-25(2)20(17-5-3-16(4-6-17)15-28-9-11-30-12-10-28)14-22(31-25)23-19-13-18(26)7-8-21(19)27-24(23)29/h3-8,13-14H,9-12,15H2,1-2H3,(H,27,29). The number of amides is 1. The number of benzene rings is 2. The monoisotopic (exact) mass is 420 g/mol. The molecule has 0 bridgehead atoms. The van der Waals surface area contributed by atoms with Gasteiger partial charge in [-0.3, -0.25) is 9.69 Å². The fraction of sp³-hybridized carbons (Fsp3) is 0.320. The minimum Gasteiger partial charge on any atom is -0.482 e. The molecule has 1 fully saturated rings. The molecular formula is C25H25FN2O3. The molecule has 0 unspecified atom stereocenters. The van der Waals surface area contributed by atoms with Crippen LogP contribution in [0.2, 0.25) is 0 Å². The Morgan fingerprint density at radius 1 is 1.10 bits per heavy atom. The molecule has 1 amide bonds. The average molecular weight is 420 g/mol. The number of fused-ring (bicyclic) bond motifs is 1. The summed E-state index contributed by atoms with van der Waals surface area (Å²) in [6.45, 7) is 8.34. The fourth-order valence-electron chi connectivity index (χ4n) is 4.41. The van der Waals surface area contributed by atoms with Crippen molar-refractivity contribution in [2.24, 2.45) is 0 Å². The smallest absolute Gasteiger partial charge is 0.260 e. The predicted molar refractivity (Wildman–Crippen MR) is 118 cm³/mol. The quantitative estimate of drug-likeness (QED) is 0.756. The molecule has 5 nitrogen and oxygen atoms in total. The van der Waals surface area contributed by atoms with E-state index in [4.69, 9.17) is 9.47 Å². The molecule has 2 aromatic carbocycles. The molecule has 3 aliphatic heterocycles. The summed E-state index contributed by atoms with van der Waals surface area (Å²) in [6, 6.07) is 12.8. The van der Waals surface area contributed by atoms with Crippen molar-refractivity contribution in [3.63, 3.8) is 0 Å². The number of carbonyl (C=O) groups is 1. The van der Waals surface area contributed by atoms with Crippen LogP contribution >= 0.6 is 0 Å². The summed E-state index contributed by atoms with van der Waals surface area (Å²) in [5, 5.41) is 2.79. The minimum atomic E-state index is -0.607. The molecular weight excluding hydrogens is 395 g/mol. The predicted octanol–water partition coefficient (Wildman–Crippen LogP) is 4.21. The maximum absolute atomic E-state index is 13.8. The second-order valence-electron chi connectivity index (χ2n) is 8.64. The molecule has 0 aliphatic carbocycles. The summed E-state index contributed by atoms with van der Waals surface area (Å²) >= 11 is 0. The van der Waals surface area contributed by atoms with Gasteiger partial charge in [0.1, 0.15) is 17.2 Å². The van der Waals surface area contributed by atoms with E-state index in [9.17, 15) is 9.18 Å². The van der Waals surface area contributed by atoms with Gasteiger partial charge < -0.3 is 14.8 Å². The Hall–Kier alpha value is -2.96. The van der Waals surface area contributed by atoms with Crippen molar-refractivity contribution in [3.05, 3.63) is 76.8 Å². The van der Waals surface area contributed by atoms with Crippen LogP contribution in [0.15, 0.2) is 54.3 Å². The van der Waals surface area contributed by atoms with Crippen molar-refractivity contribution < 1.29 is 18.7 Å². The van der Waals surface area contributed by atoms with Gasteiger partial charge >= 0.3 is 0 Å². The topological polar surface area (TPSA) is 50.8 Å². The lowest BCUT2D eigenvalue weighted by Gasteiger charge is -2.27. The first-order valence-electron chi connectivity index (χ1n) is 10.6. The number of nitrogens with one attached hydrogen (secondary N) is 1. The molecule has 160 valence electrons. The molecule has 1 N–H and O–H groups in total. The zero-order chi connectivity index (χ0) is 21.6. The van der Waals surface area contributed by atoms with Crippen molar-refractivity contribution >= 4 is 22.7 Å². The third-order valence-corrected chi connectivity index (χ3v) is 6.04. The number of allylic oxidation sites excluding steroid dienone is 1. The van der Waals surface area contributed by atoms with Crippen LogP contribution in [0.3, 0.4) is 0 Å². The van der Waals surface area contributed by atoms with Crippen LogP contribution < -0.4 is 5.32 Å². The lowest BCUT2D eigenvalue weighted by molar-refractivity contribution is -0.111. The highest BCUT2D eigenvalue weighted by Gasteiger charge is 2.38. The van der Waals surface area contributed by atoms with Crippen LogP contribution in [0.1, 0.15) is 30.5 Å². The minimum absolute atomic E-state index is 0.273. The molecule has 2 aromatic rings. The van der Waals surface area contributed by atoms with E-state index in [2.05, 4.69) is 34.5 Å². The second kappa shape index (κ2) is 7.62. The number of carbonyl (C=O) groups excluding carboxylic acids is 1. The van der Waals surface area contributed by atoms with Gasteiger partial charge in [-0.15, -0.1) is 0 Å². The Morgan fingerprint density at radius 3 is 2.58 bits per heavy atom. The molecule has 0 saturated carbocycles. The van der Waals surface area contributed by atoms with Gasteiger partial charge in [0.05, 0.1) is 18.8 Å². The van der Waals surface area contributed by atoms with Gasteiger partial charge in [-0.2, -0.15) is 0 Å². The van der Waals surface area contributed by atoms with E-state index >= 15 is 0 Å². The molecule has 3 heterocycles. The van der Waals surface area contributed by atoms with Crippen molar-refractivity contribution in [2.45, 2.75) is 26.0 Å². The number of ether oxygens (including phenoxy) is 2. The van der Waals surface area contributed by atoms with Crippen molar-refractivity contribution in [2.75, 3.05) is 31.6 Å². The number of hydrogen-bond donors (Lipinski definition) is 1. The maximum atomic E-state index is 13.8. The molecule has 0 radical (unpaired) electrons. The van der Waals surface area contributed by atoms with Gasteiger partial charge in [0.2, 0.25) is 0 Å². The summed E-state index contributed by atoms with van der Waals surface area (Å²) in [5.41, 5.74) is 4.20. The van der Waals surface area contributed by atoms with Crippen LogP contribution in [0, 0.1) is 5.82 Å². The molecule has 5 rings (SSSR count). The largest absolute Gasteiger partial charge is 0.482 e. The first-order valence-corrected chi connectivity index (χ1v) is 10.6. The fourth-order valence-corrected chi connectivity index (χ4v) is 4.41. The van der Waals surface area contributed by atoms with Gasteiger partial charge in [0.15, 0.2) is 0 Å². The highest BCUT2D eigenvalue weighted by atomic mass is 19.1. The van der Waals surface area contributed by atoms with Crippen LogP contribution in [0.4, 0.5) is 10.1 Å². The lowest BCUT2D eigenvalue weighted by atomic mass is 9.91. The van der Waals surface area contributed by atoms with Crippen LogP contribution in [0.5, 0.6) is 0 Å². The zero-order valence-corrected chi connectivity index (χ0v) is 17.7. The second-order valence-corrected chi connectivity index (χ2v) is 8.64. The summed E-state index contributed by atoms with van der Waals surface area (Å²) in [5.74, 6) is -0.185. The zero-order valence-electron chi connectivity index (χ0n) is 17.7. The van der Waals surface area contributed by atoms with Crippen molar-refractivity contribution in [1.29, 1.82) is 0 Å². The number of halogens is 1. The first kappa shape index (κ1) is 20.0. The molecule has 0 aromatic heterocycles. The van der Waals surface area contributed by atoms with E-state index in [0.717, 1.165) is 44.0 Å². The van der Waals surface area contributed by atoms with Gasteiger partial charge in [-0.25, -0.2) is 4.39 Å². The molecule has 0 atom stereocenters. The van der Waals surface area contributed by atoms with E-state index in [1.807, 2.05) is 19.9 Å². The number of anilines is 1. The van der Waals surface area contributed by atoms with Gasteiger partial charge in [-0.1, -0.05) is 24.3 Å². The average Bonchev–Trinajstić information content (AvgIpc) is 3.23. The van der Waals surface area contributed by atoms with Crippen molar-refractivity contribution in [1.82, 2.24) is 4.90 Å². The van der Waals surface area contributed by atoms with E-state index in [1.165, 1.54) is 17.7 Å². The Labute approximate surface area is 181 Å². The molecule has 6 heteroatoms. The summed E-state index contributed by atoms with van der Waals surface area (Å²) < 4.78 is 25.4. The SMILES string of the molecule is CC1(C)OC(=C2C(=O)Nc3ccc(F)cc32)C=C1c1ccc(CN2CCOCC2)cc1. The van der Waals surface area contributed by atoms with Gasteiger partial charge in [0, 0.05) is 36.5 Å². The van der Waals surface area contributed by atoms with E-state index < -0.39 is 5.60 Å². The summed E-state index contributed by atoms with van der Waals surface area (Å²) in [7, 11) is 0. The maximum Gasteiger partial charge on any atom is 0.260 e. The Bertz CT molecular complexity index is 1100. The Kier molecular flexibility index (Phi) is 4.91. The summed E-state index contributed by atoms with van der Waals surface area (Å²) in [4.78, 5) is 15.0. The van der Waals surface area contributed by atoms with Crippen LogP contribution in [0.25, 0.3) is 11.1 Å². The van der Waals surface area contributed by atoms with Crippen LogP contribution in [-0.4, -0.2) is 42.7 Å². The number of rotatable bonds is 3. The summed E-state index contributed by atoms with van der Waals surface area (Å²) in [6.07, 6.45) is 1.91. The molecule has 1 saturated heterocycles. The Balaban J connectivity index is 1.46.